The maximum absolute atomic E-state index is 13.7. The second kappa shape index (κ2) is 9.77. The Labute approximate surface area is 167 Å². The molecule has 0 aromatic carbocycles. The SMILES string of the molecule is CCCC1CCC(C2CC=C(COc3nc(F)c(OCl)cc3C)CC2)CC1. The van der Waals surface area contributed by atoms with Crippen molar-refractivity contribution in [3.8, 4) is 11.6 Å². The molecule has 27 heavy (non-hydrogen) atoms. The van der Waals surface area contributed by atoms with Gasteiger partial charge in [-0.3, -0.25) is 0 Å². The summed E-state index contributed by atoms with van der Waals surface area (Å²) in [7, 11) is 0. The van der Waals surface area contributed by atoms with Crippen LogP contribution in [0.2, 0.25) is 0 Å². The number of aromatic nitrogens is 1. The molecule has 1 aromatic heterocycles. The molecule has 1 atom stereocenters. The molecule has 0 N–H and O–H groups in total. The molecule has 0 bridgehead atoms. The highest BCUT2D eigenvalue weighted by atomic mass is 35.5. The molecular weight excluding hydrogens is 365 g/mol. The first kappa shape index (κ1) is 20.4. The van der Waals surface area contributed by atoms with Gasteiger partial charge in [0, 0.05) is 5.56 Å². The normalized spacial score (nSPS) is 25.8. The zero-order chi connectivity index (χ0) is 19.2. The van der Waals surface area contributed by atoms with Gasteiger partial charge >= 0.3 is 0 Å². The van der Waals surface area contributed by atoms with E-state index < -0.39 is 5.95 Å². The van der Waals surface area contributed by atoms with Crippen LogP contribution in [0.4, 0.5) is 4.39 Å². The lowest BCUT2D eigenvalue weighted by molar-refractivity contribution is 0.184. The van der Waals surface area contributed by atoms with E-state index in [0.717, 1.165) is 30.6 Å². The van der Waals surface area contributed by atoms with Crippen LogP contribution in [-0.4, -0.2) is 11.6 Å². The van der Waals surface area contributed by atoms with Crippen LogP contribution < -0.4 is 9.03 Å². The number of allylic oxidation sites excluding steroid dienone is 1. The molecule has 0 spiro atoms. The number of pyridine rings is 1. The van der Waals surface area contributed by atoms with Gasteiger partial charge in [0.1, 0.15) is 18.5 Å². The molecule has 1 heterocycles. The number of ether oxygens (including phenoxy) is 1. The van der Waals surface area contributed by atoms with Gasteiger partial charge in [0.05, 0.1) is 0 Å². The number of nitrogens with zero attached hydrogens (tertiary/aromatic N) is 1. The zero-order valence-electron chi connectivity index (χ0n) is 16.5. The summed E-state index contributed by atoms with van der Waals surface area (Å²) < 4.78 is 23.9. The fourth-order valence-corrected chi connectivity index (χ4v) is 4.84. The molecule has 1 fully saturated rings. The van der Waals surface area contributed by atoms with Crippen molar-refractivity contribution < 1.29 is 13.4 Å². The summed E-state index contributed by atoms with van der Waals surface area (Å²) in [5, 5.41) is 0. The average molecular weight is 396 g/mol. The predicted molar refractivity (Wildman–Crippen MR) is 107 cm³/mol. The average Bonchev–Trinajstić information content (AvgIpc) is 2.69. The summed E-state index contributed by atoms with van der Waals surface area (Å²) in [6, 6.07) is 1.50. The lowest BCUT2D eigenvalue weighted by atomic mass is 9.71. The molecule has 150 valence electrons. The molecule has 0 radical (unpaired) electrons. The van der Waals surface area contributed by atoms with Crippen LogP contribution in [0.3, 0.4) is 0 Å². The van der Waals surface area contributed by atoms with Gasteiger partial charge in [0.25, 0.3) is 5.95 Å². The topological polar surface area (TPSA) is 31.4 Å². The smallest absolute Gasteiger partial charge is 0.260 e. The Morgan fingerprint density at radius 3 is 2.59 bits per heavy atom. The minimum atomic E-state index is -0.748. The number of hydrogen-bond donors (Lipinski definition) is 0. The predicted octanol–water partition coefficient (Wildman–Crippen LogP) is 6.77. The molecule has 1 unspecified atom stereocenters. The van der Waals surface area contributed by atoms with Crippen LogP contribution in [0.15, 0.2) is 17.7 Å². The van der Waals surface area contributed by atoms with Crippen molar-refractivity contribution in [2.24, 2.45) is 17.8 Å². The third-order valence-corrected chi connectivity index (χ3v) is 6.53. The van der Waals surface area contributed by atoms with Crippen molar-refractivity contribution in [3.63, 3.8) is 0 Å². The summed E-state index contributed by atoms with van der Waals surface area (Å²) in [4.78, 5) is 3.81. The highest BCUT2D eigenvalue weighted by molar-refractivity contribution is 6.09. The molecule has 0 saturated heterocycles. The van der Waals surface area contributed by atoms with E-state index in [9.17, 15) is 4.39 Å². The number of rotatable bonds is 7. The lowest BCUT2D eigenvalue weighted by Crippen LogP contribution is -2.24. The fraction of sp³-hybridized carbons (Fsp3) is 0.682. The molecule has 0 amide bonds. The standard InChI is InChI=1S/C22H31ClFNO2/c1-3-4-16-5-9-18(10-6-16)19-11-7-17(8-12-19)14-26-22-15(2)13-20(27-23)21(24)25-22/h7,13,16,18-19H,3-6,8-12,14H2,1-2H3. The highest BCUT2D eigenvalue weighted by Crippen LogP contribution is 2.40. The van der Waals surface area contributed by atoms with Crippen LogP contribution in [0, 0.1) is 30.6 Å². The van der Waals surface area contributed by atoms with E-state index in [0.29, 0.717) is 18.1 Å². The second-order valence-corrected chi connectivity index (χ2v) is 8.39. The van der Waals surface area contributed by atoms with Gasteiger partial charge in [-0.15, -0.1) is 0 Å². The van der Waals surface area contributed by atoms with Gasteiger partial charge in [0.15, 0.2) is 0 Å². The third kappa shape index (κ3) is 5.37. The molecule has 5 heteroatoms. The molecule has 3 nitrogen and oxygen atoms in total. The summed E-state index contributed by atoms with van der Waals surface area (Å²) >= 11 is 5.23. The van der Waals surface area contributed by atoms with Crippen molar-refractivity contribution in [2.45, 2.75) is 71.6 Å². The Hall–Kier alpha value is -1.29. The van der Waals surface area contributed by atoms with Crippen LogP contribution in [0.1, 0.15) is 70.3 Å². The van der Waals surface area contributed by atoms with Crippen molar-refractivity contribution in [1.82, 2.24) is 4.98 Å². The first-order chi connectivity index (χ1) is 13.1. The van der Waals surface area contributed by atoms with E-state index in [1.165, 1.54) is 56.6 Å². The van der Waals surface area contributed by atoms with E-state index >= 15 is 0 Å². The van der Waals surface area contributed by atoms with Crippen molar-refractivity contribution in [2.75, 3.05) is 6.61 Å². The summed E-state index contributed by atoms with van der Waals surface area (Å²) in [5.41, 5.74) is 2.01. The zero-order valence-corrected chi connectivity index (χ0v) is 17.2. The van der Waals surface area contributed by atoms with Crippen LogP contribution in [0.25, 0.3) is 0 Å². The molecular formula is C22H31ClFNO2. The second-order valence-electron chi connectivity index (χ2n) is 8.23. The molecule has 0 aliphatic heterocycles. The van der Waals surface area contributed by atoms with Crippen LogP contribution in [-0.2, 0) is 0 Å². The quantitative estimate of drug-likeness (QED) is 0.377. The maximum atomic E-state index is 13.7. The van der Waals surface area contributed by atoms with E-state index in [4.69, 9.17) is 16.6 Å². The maximum Gasteiger partial charge on any atom is 0.260 e. The van der Waals surface area contributed by atoms with E-state index in [1.54, 1.807) is 6.92 Å². The molecule has 2 aliphatic rings. The van der Waals surface area contributed by atoms with Gasteiger partial charge in [-0.2, -0.15) is 9.37 Å². The summed E-state index contributed by atoms with van der Waals surface area (Å²) in [5.74, 6) is 2.19. The number of hydrogen-bond acceptors (Lipinski definition) is 3. The Morgan fingerprint density at radius 2 is 1.96 bits per heavy atom. The highest BCUT2D eigenvalue weighted by Gasteiger charge is 2.28. The monoisotopic (exact) mass is 395 g/mol. The Bertz CT molecular complexity index is 656. The first-order valence-corrected chi connectivity index (χ1v) is 10.7. The number of halogens is 2. The van der Waals surface area contributed by atoms with Crippen molar-refractivity contribution in [3.05, 3.63) is 29.2 Å². The number of aryl methyl sites for hydroxylation is 1. The minimum Gasteiger partial charge on any atom is -0.473 e. The Kier molecular flexibility index (Phi) is 7.40. The van der Waals surface area contributed by atoms with Crippen LogP contribution >= 0.6 is 11.9 Å². The van der Waals surface area contributed by atoms with E-state index in [2.05, 4.69) is 22.3 Å². The molecule has 3 rings (SSSR count). The lowest BCUT2D eigenvalue weighted by Gasteiger charge is -2.35. The van der Waals surface area contributed by atoms with E-state index in [-0.39, 0.29) is 5.75 Å². The van der Waals surface area contributed by atoms with Gasteiger partial charge in [-0.05, 0) is 68.4 Å². The van der Waals surface area contributed by atoms with Gasteiger partial charge in [-0.25, -0.2) is 0 Å². The van der Waals surface area contributed by atoms with E-state index in [1.807, 2.05) is 0 Å². The fourth-order valence-electron chi connectivity index (χ4n) is 4.74. The Balaban J connectivity index is 1.48. The van der Waals surface area contributed by atoms with Crippen LogP contribution in [0.5, 0.6) is 11.6 Å². The van der Waals surface area contributed by atoms with Gasteiger partial charge in [0.2, 0.25) is 11.6 Å². The molecule has 1 saturated carbocycles. The van der Waals surface area contributed by atoms with Gasteiger partial charge < -0.3 is 9.03 Å². The minimum absolute atomic E-state index is 0.0742. The first-order valence-electron chi connectivity index (χ1n) is 10.4. The molecule has 2 aliphatic carbocycles. The Morgan fingerprint density at radius 1 is 1.19 bits per heavy atom. The van der Waals surface area contributed by atoms with Crippen molar-refractivity contribution >= 4 is 11.9 Å². The third-order valence-electron chi connectivity index (χ3n) is 6.37. The summed E-state index contributed by atoms with van der Waals surface area (Å²) in [6.07, 6.45) is 14.2. The van der Waals surface area contributed by atoms with Gasteiger partial charge in [-0.1, -0.05) is 38.7 Å². The summed E-state index contributed by atoms with van der Waals surface area (Å²) in [6.45, 7) is 4.58. The molecule has 1 aromatic rings. The van der Waals surface area contributed by atoms with Crippen molar-refractivity contribution in [1.29, 1.82) is 0 Å². The largest absolute Gasteiger partial charge is 0.473 e.